The van der Waals surface area contributed by atoms with E-state index in [1.807, 2.05) is 12.1 Å². The van der Waals surface area contributed by atoms with Crippen LogP contribution in [0, 0.1) is 5.41 Å². The van der Waals surface area contributed by atoms with Gasteiger partial charge in [0.25, 0.3) is 0 Å². The first kappa shape index (κ1) is 16.0. The maximum atomic E-state index is 11.6. The first-order chi connectivity index (χ1) is 10.5. The minimum atomic E-state index is -3.21. The van der Waals surface area contributed by atoms with Crippen LogP contribution < -0.4 is 4.72 Å². The topological polar surface area (TPSA) is 71.8 Å². The Bertz CT molecular complexity index is 577. The summed E-state index contributed by atoms with van der Waals surface area (Å²) in [4.78, 5) is 2.37. The Morgan fingerprint density at radius 2 is 2.14 bits per heavy atom. The highest BCUT2D eigenvalue weighted by Gasteiger charge is 2.44. The maximum Gasteiger partial charge on any atom is 0.209 e. The molecule has 1 N–H and O–H groups in total. The van der Waals surface area contributed by atoms with Gasteiger partial charge in [0, 0.05) is 6.61 Å². The van der Waals surface area contributed by atoms with Gasteiger partial charge < -0.3 is 9.15 Å². The average Bonchev–Trinajstić information content (AvgIpc) is 2.96. The van der Waals surface area contributed by atoms with Crippen LogP contribution in [-0.4, -0.2) is 51.9 Å². The SMILES string of the molecule is CS(=O)(=O)NC1COCCC12CCN(Cc1ccco1)CC2. The van der Waals surface area contributed by atoms with E-state index in [2.05, 4.69) is 9.62 Å². The first-order valence-electron chi connectivity index (χ1n) is 7.77. The number of nitrogens with zero attached hydrogens (tertiary/aromatic N) is 1. The summed E-state index contributed by atoms with van der Waals surface area (Å²) < 4.78 is 36.9. The largest absolute Gasteiger partial charge is 0.468 e. The highest BCUT2D eigenvalue weighted by molar-refractivity contribution is 7.88. The average molecular weight is 328 g/mol. The van der Waals surface area contributed by atoms with Crippen LogP contribution in [0.3, 0.4) is 0 Å². The predicted molar refractivity (Wildman–Crippen MR) is 82.9 cm³/mol. The Balaban J connectivity index is 1.63. The van der Waals surface area contributed by atoms with Crippen LogP contribution in [-0.2, 0) is 21.3 Å². The molecule has 0 aromatic carbocycles. The maximum absolute atomic E-state index is 11.6. The number of nitrogens with one attached hydrogen (secondary N) is 1. The third kappa shape index (κ3) is 3.71. The minimum absolute atomic E-state index is 0.0288. The third-order valence-electron chi connectivity index (χ3n) is 4.94. The highest BCUT2D eigenvalue weighted by atomic mass is 32.2. The van der Waals surface area contributed by atoms with Crippen molar-refractivity contribution in [3.05, 3.63) is 24.2 Å². The van der Waals surface area contributed by atoms with Crippen molar-refractivity contribution in [1.82, 2.24) is 9.62 Å². The molecule has 2 aliphatic heterocycles. The van der Waals surface area contributed by atoms with E-state index in [1.165, 1.54) is 6.26 Å². The summed E-state index contributed by atoms with van der Waals surface area (Å²) in [6, 6.07) is 3.79. The molecule has 1 aromatic heterocycles. The van der Waals surface area contributed by atoms with E-state index in [9.17, 15) is 8.42 Å². The Hall–Kier alpha value is -0.890. The lowest BCUT2D eigenvalue weighted by Crippen LogP contribution is -2.57. The van der Waals surface area contributed by atoms with Gasteiger partial charge in [0.2, 0.25) is 10.0 Å². The predicted octanol–water partition coefficient (Wildman–Crippen LogP) is 1.20. The van der Waals surface area contributed by atoms with Gasteiger partial charge in [-0.3, -0.25) is 4.90 Å². The van der Waals surface area contributed by atoms with Crippen LogP contribution in [0.4, 0.5) is 0 Å². The highest BCUT2D eigenvalue weighted by Crippen LogP contribution is 2.41. The first-order valence-corrected chi connectivity index (χ1v) is 9.66. The van der Waals surface area contributed by atoms with Crippen molar-refractivity contribution >= 4 is 10.0 Å². The zero-order valence-corrected chi connectivity index (χ0v) is 13.8. The molecule has 0 radical (unpaired) electrons. The van der Waals surface area contributed by atoms with Crippen LogP contribution >= 0.6 is 0 Å². The van der Waals surface area contributed by atoms with Crippen molar-refractivity contribution in [3.8, 4) is 0 Å². The molecule has 0 amide bonds. The molecule has 3 heterocycles. The molecule has 2 aliphatic rings. The Kier molecular flexibility index (Phi) is 4.59. The number of hydrogen-bond acceptors (Lipinski definition) is 5. The van der Waals surface area contributed by atoms with Crippen LogP contribution in [0.5, 0.6) is 0 Å². The molecule has 1 spiro atoms. The molecular formula is C15H24N2O4S. The van der Waals surface area contributed by atoms with Crippen LogP contribution in [0.25, 0.3) is 0 Å². The Labute approximate surface area is 131 Å². The molecule has 1 atom stereocenters. The summed E-state index contributed by atoms with van der Waals surface area (Å²) >= 11 is 0. The molecule has 22 heavy (non-hydrogen) atoms. The fourth-order valence-corrected chi connectivity index (χ4v) is 4.46. The molecule has 2 saturated heterocycles. The van der Waals surface area contributed by atoms with Gasteiger partial charge in [-0.25, -0.2) is 13.1 Å². The van der Waals surface area contributed by atoms with Gasteiger partial charge in [0.1, 0.15) is 5.76 Å². The molecule has 1 aromatic rings. The number of rotatable bonds is 4. The second-order valence-corrected chi connectivity index (χ2v) is 8.27. The molecular weight excluding hydrogens is 304 g/mol. The standard InChI is InChI=1S/C15H24N2O4S/c1-22(18,19)16-14-12-20-10-6-15(14)4-7-17(8-5-15)11-13-3-2-9-21-13/h2-3,9,14,16H,4-8,10-12H2,1H3. The van der Waals surface area contributed by atoms with E-state index < -0.39 is 10.0 Å². The Morgan fingerprint density at radius 1 is 1.36 bits per heavy atom. The van der Waals surface area contributed by atoms with Gasteiger partial charge in [-0.2, -0.15) is 0 Å². The fourth-order valence-electron chi connectivity index (χ4n) is 3.62. The number of ether oxygens (including phenoxy) is 1. The normalized spacial score (nSPS) is 26.3. The number of furan rings is 1. The molecule has 0 aliphatic carbocycles. The number of piperidine rings is 1. The van der Waals surface area contributed by atoms with E-state index in [-0.39, 0.29) is 11.5 Å². The van der Waals surface area contributed by atoms with Gasteiger partial charge in [-0.1, -0.05) is 0 Å². The smallest absolute Gasteiger partial charge is 0.209 e. The van der Waals surface area contributed by atoms with Crippen molar-refractivity contribution in [3.63, 3.8) is 0 Å². The monoisotopic (exact) mass is 328 g/mol. The lowest BCUT2D eigenvalue weighted by molar-refractivity contribution is -0.0451. The number of likely N-dealkylation sites (tertiary alicyclic amines) is 1. The van der Waals surface area contributed by atoms with E-state index in [1.54, 1.807) is 6.26 Å². The quantitative estimate of drug-likeness (QED) is 0.899. The van der Waals surface area contributed by atoms with Gasteiger partial charge in [0.05, 0.1) is 31.7 Å². The summed E-state index contributed by atoms with van der Waals surface area (Å²) in [6.07, 6.45) is 5.83. The molecule has 7 heteroatoms. The molecule has 1 unspecified atom stereocenters. The number of sulfonamides is 1. The molecule has 0 saturated carbocycles. The molecule has 0 bridgehead atoms. The molecule has 2 fully saturated rings. The summed E-state index contributed by atoms with van der Waals surface area (Å²) in [5.41, 5.74) is 0.0288. The van der Waals surface area contributed by atoms with Crippen molar-refractivity contribution in [2.24, 2.45) is 5.41 Å². The van der Waals surface area contributed by atoms with Gasteiger partial charge in [-0.05, 0) is 49.9 Å². The second kappa shape index (κ2) is 6.31. The Morgan fingerprint density at radius 3 is 2.77 bits per heavy atom. The van der Waals surface area contributed by atoms with E-state index in [0.29, 0.717) is 6.61 Å². The van der Waals surface area contributed by atoms with Crippen molar-refractivity contribution in [2.45, 2.75) is 31.8 Å². The summed E-state index contributed by atoms with van der Waals surface area (Å²) in [5, 5.41) is 0. The second-order valence-electron chi connectivity index (χ2n) is 6.49. The zero-order valence-electron chi connectivity index (χ0n) is 13.0. The van der Waals surface area contributed by atoms with E-state index in [0.717, 1.165) is 51.3 Å². The van der Waals surface area contributed by atoms with Crippen LogP contribution in [0.1, 0.15) is 25.0 Å². The summed E-state index contributed by atoms with van der Waals surface area (Å²) in [6.45, 7) is 3.94. The van der Waals surface area contributed by atoms with Crippen molar-refractivity contribution < 1.29 is 17.6 Å². The van der Waals surface area contributed by atoms with Crippen molar-refractivity contribution in [2.75, 3.05) is 32.6 Å². The summed E-state index contributed by atoms with van der Waals surface area (Å²) in [7, 11) is -3.21. The molecule has 124 valence electrons. The van der Waals surface area contributed by atoms with Crippen LogP contribution in [0.2, 0.25) is 0 Å². The fraction of sp³-hybridized carbons (Fsp3) is 0.733. The molecule has 6 nitrogen and oxygen atoms in total. The van der Waals surface area contributed by atoms with E-state index >= 15 is 0 Å². The molecule has 3 rings (SSSR count). The number of hydrogen-bond donors (Lipinski definition) is 1. The minimum Gasteiger partial charge on any atom is -0.468 e. The van der Waals surface area contributed by atoms with Gasteiger partial charge in [-0.15, -0.1) is 0 Å². The van der Waals surface area contributed by atoms with Gasteiger partial charge >= 0.3 is 0 Å². The zero-order chi connectivity index (χ0) is 15.6. The lowest BCUT2D eigenvalue weighted by Gasteiger charge is -2.48. The van der Waals surface area contributed by atoms with Gasteiger partial charge in [0.15, 0.2) is 0 Å². The van der Waals surface area contributed by atoms with Crippen LogP contribution in [0.15, 0.2) is 22.8 Å². The third-order valence-corrected chi connectivity index (χ3v) is 5.65. The lowest BCUT2D eigenvalue weighted by atomic mass is 9.69. The van der Waals surface area contributed by atoms with Crippen molar-refractivity contribution in [1.29, 1.82) is 0 Å². The summed E-state index contributed by atoms with van der Waals surface area (Å²) in [5.74, 6) is 0.980. The van der Waals surface area contributed by atoms with E-state index in [4.69, 9.17) is 9.15 Å².